The Morgan fingerprint density at radius 1 is 1.31 bits per heavy atom. The second-order valence-electron chi connectivity index (χ2n) is 8.51. The molecule has 1 aromatic carbocycles. The number of ether oxygens (including phenoxy) is 4. The number of nitrogens with zero attached hydrogens (tertiary/aromatic N) is 2. The molecule has 36 heavy (non-hydrogen) atoms. The Kier molecular flexibility index (Phi) is 8.37. The number of allylic oxidation sites excluding steroid dienone is 1. The first-order chi connectivity index (χ1) is 17.5. The maximum atomic E-state index is 13.2. The van der Waals surface area contributed by atoms with Gasteiger partial charge < -0.3 is 29.2 Å². The van der Waals surface area contributed by atoms with Gasteiger partial charge in [-0.25, -0.2) is 9.79 Å². The van der Waals surface area contributed by atoms with Crippen molar-refractivity contribution in [1.82, 2.24) is 10.2 Å². The number of hydrogen-bond acceptors (Lipinski definition) is 9. The Balaban J connectivity index is 1.65. The summed E-state index contributed by atoms with van der Waals surface area (Å²) in [6, 6.07) is 4.93. The van der Waals surface area contributed by atoms with Gasteiger partial charge >= 0.3 is 5.97 Å². The molecule has 1 aromatic rings. The van der Waals surface area contributed by atoms with Gasteiger partial charge in [-0.3, -0.25) is 4.79 Å². The molecule has 0 radical (unpaired) electrons. The van der Waals surface area contributed by atoms with E-state index >= 15 is 0 Å². The number of aliphatic imine (C=N–C) groups is 1. The number of carbonyl (C=O) groups is 2. The SMILES string of the molecule is C=CCOC(=O)C1=C(C)N=C2SC=C(CC(=O)NC[C@H]3CCCO3)N2[C@@H]1c1ccc(OC)c(OC)c1. The average Bonchev–Trinajstić information content (AvgIpc) is 3.55. The first-order valence-electron chi connectivity index (χ1n) is 11.8. The van der Waals surface area contributed by atoms with E-state index in [9.17, 15) is 9.59 Å². The van der Waals surface area contributed by atoms with Gasteiger partial charge in [0.1, 0.15) is 6.61 Å². The summed E-state index contributed by atoms with van der Waals surface area (Å²) in [5, 5.41) is 5.57. The van der Waals surface area contributed by atoms with Crippen molar-refractivity contribution in [2.24, 2.45) is 4.99 Å². The smallest absolute Gasteiger partial charge is 0.338 e. The van der Waals surface area contributed by atoms with Gasteiger partial charge in [0.2, 0.25) is 5.91 Å². The maximum absolute atomic E-state index is 13.2. The zero-order valence-corrected chi connectivity index (χ0v) is 21.6. The van der Waals surface area contributed by atoms with E-state index in [0.717, 1.165) is 30.7 Å². The lowest BCUT2D eigenvalue weighted by Crippen LogP contribution is -2.38. The molecule has 0 bridgehead atoms. The molecule has 0 aliphatic carbocycles. The fourth-order valence-electron chi connectivity index (χ4n) is 4.44. The van der Waals surface area contributed by atoms with Crippen molar-refractivity contribution in [2.75, 3.05) is 34.0 Å². The fourth-order valence-corrected chi connectivity index (χ4v) is 5.41. The van der Waals surface area contributed by atoms with Gasteiger partial charge in [-0.2, -0.15) is 0 Å². The van der Waals surface area contributed by atoms with Crippen LogP contribution in [-0.2, 0) is 19.1 Å². The number of benzene rings is 1. The Morgan fingerprint density at radius 3 is 2.81 bits per heavy atom. The highest BCUT2D eigenvalue weighted by atomic mass is 32.2. The van der Waals surface area contributed by atoms with Gasteiger partial charge in [-0.1, -0.05) is 30.5 Å². The van der Waals surface area contributed by atoms with Crippen LogP contribution in [0.1, 0.15) is 37.8 Å². The summed E-state index contributed by atoms with van der Waals surface area (Å²) in [6.45, 7) is 6.72. The summed E-state index contributed by atoms with van der Waals surface area (Å²) in [4.78, 5) is 32.6. The lowest BCUT2D eigenvalue weighted by molar-refractivity contribution is -0.138. The van der Waals surface area contributed by atoms with Crippen LogP contribution in [0.3, 0.4) is 0 Å². The lowest BCUT2D eigenvalue weighted by atomic mass is 9.93. The Hall–Kier alpha value is -3.24. The van der Waals surface area contributed by atoms with Crippen LogP contribution in [0.15, 0.2) is 58.2 Å². The van der Waals surface area contributed by atoms with Crippen LogP contribution >= 0.6 is 11.8 Å². The quantitative estimate of drug-likeness (QED) is 0.374. The summed E-state index contributed by atoms with van der Waals surface area (Å²) >= 11 is 1.42. The van der Waals surface area contributed by atoms with E-state index in [4.69, 9.17) is 18.9 Å². The fraction of sp³-hybridized carbons (Fsp3) is 0.423. The first-order valence-corrected chi connectivity index (χ1v) is 12.7. The van der Waals surface area contributed by atoms with E-state index in [-0.39, 0.29) is 25.0 Å². The van der Waals surface area contributed by atoms with Crippen molar-refractivity contribution in [3.05, 3.63) is 58.8 Å². The number of methoxy groups -OCH3 is 2. The van der Waals surface area contributed by atoms with Crippen LogP contribution in [0.2, 0.25) is 0 Å². The highest BCUT2D eigenvalue weighted by Crippen LogP contribution is 2.46. The number of esters is 1. The third-order valence-electron chi connectivity index (χ3n) is 6.17. The molecule has 2 atom stereocenters. The van der Waals surface area contributed by atoms with Crippen LogP contribution in [0.25, 0.3) is 0 Å². The summed E-state index contributed by atoms with van der Waals surface area (Å²) in [5.74, 6) is 0.491. The number of amidine groups is 1. The maximum Gasteiger partial charge on any atom is 0.338 e. The summed E-state index contributed by atoms with van der Waals surface area (Å²) in [5.41, 5.74) is 2.46. The molecular weight excluding hydrogens is 482 g/mol. The molecule has 9 nitrogen and oxygen atoms in total. The van der Waals surface area contributed by atoms with E-state index in [1.165, 1.54) is 17.8 Å². The van der Waals surface area contributed by atoms with Gasteiger partial charge in [0, 0.05) is 18.8 Å². The minimum atomic E-state index is -0.568. The van der Waals surface area contributed by atoms with Crippen molar-refractivity contribution in [3.8, 4) is 11.5 Å². The van der Waals surface area contributed by atoms with Crippen LogP contribution in [0.4, 0.5) is 0 Å². The first kappa shape index (κ1) is 25.8. The molecule has 3 heterocycles. The van der Waals surface area contributed by atoms with Gasteiger partial charge in [-0.15, -0.1) is 0 Å². The van der Waals surface area contributed by atoms with Crippen molar-refractivity contribution in [1.29, 1.82) is 0 Å². The minimum Gasteiger partial charge on any atom is -0.493 e. The van der Waals surface area contributed by atoms with Crippen LogP contribution in [0.5, 0.6) is 11.5 Å². The number of thioether (sulfide) groups is 1. The molecule has 4 rings (SSSR count). The van der Waals surface area contributed by atoms with E-state index in [1.807, 2.05) is 22.4 Å². The number of hydrogen-bond donors (Lipinski definition) is 1. The zero-order valence-electron chi connectivity index (χ0n) is 20.7. The molecule has 0 spiro atoms. The minimum absolute atomic E-state index is 0.0596. The van der Waals surface area contributed by atoms with Gasteiger partial charge in [0.25, 0.3) is 0 Å². The van der Waals surface area contributed by atoms with Crippen LogP contribution < -0.4 is 14.8 Å². The molecule has 192 valence electrons. The normalized spacial score (nSPS) is 20.9. The molecular formula is C26H31N3O6S. The monoisotopic (exact) mass is 513 g/mol. The second-order valence-corrected chi connectivity index (χ2v) is 9.35. The van der Waals surface area contributed by atoms with Gasteiger partial charge in [0.05, 0.1) is 44.1 Å². The molecule has 3 aliphatic rings. The lowest BCUT2D eigenvalue weighted by Gasteiger charge is -2.36. The molecule has 0 unspecified atom stereocenters. The van der Waals surface area contributed by atoms with Crippen molar-refractivity contribution in [3.63, 3.8) is 0 Å². The topological polar surface area (TPSA) is 98.7 Å². The van der Waals surface area contributed by atoms with Gasteiger partial charge in [0.15, 0.2) is 16.7 Å². The number of amides is 1. The molecule has 1 fully saturated rings. The average molecular weight is 514 g/mol. The number of nitrogens with one attached hydrogen (secondary N) is 1. The molecule has 1 N–H and O–H groups in total. The Morgan fingerprint density at radius 2 is 2.11 bits per heavy atom. The highest BCUT2D eigenvalue weighted by molar-refractivity contribution is 8.16. The van der Waals surface area contributed by atoms with Crippen LogP contribution in [0, 0.1) is 0 Å². The molecule has 1 amide bonds. The van der Waals surface area contributed by atoms with E-state index in [1.54, 1.807) is 27.2 Å². The summed E-state index contributed by atoms with van der Waals surface area (Å²) in [7, 11) is 3.13. The second kappa shape index (κ2) is 11.7. The highest BCUT2D eigenvalue weighted by Gasteiger charge is 2.41. The largest absolute Gasteiger partial charge is 0.493 e. The standard InChI is InChI=1S/C26H31N3O6S/c1-5-10-35-25(31)23-16(2)28-26-29(24(23)17-8-9-20(32-3)21(12-17)33-4)18(15-36-26)13-22(30)27-14-19-7-6-11-34-19/h5,8-9,12,15,19,24H,1,6-7,10-11,13-14H2,2-4H3,(H,27,30)/t19-,24-/m1/s1. The van der Waals surface area contributed by atoms with Crippen molar-refractivity contribution >= 4 is 28.8 Å². The van der Waals surface area contributed by atoms with Crippen molar-refractivity contribution in [2.45, 2.75) is 38.3 Å². The Bertz CT molecular complexity index is 1120. The predicted octanol–water partition coefficient (Wildman–Crippen LogP) is 3.69. The third kappa shape index (κ3) is 5.44. The number of fused-ring (bicyclic) bond motifs is 1. The number of rotatable bonds is 10. The third-order valence-corrected chi connectivity index (χ3v) is 7.06. The Labute approximate surface area is 215 Å². The van der Waals surface area contributed by atoms with E-state index in [2.05, 4.69) is 16.9 Å². The van der Waals surface area contributed by atoms with Crippen molar-refractivity contribution < 1.29 is 28.5 Å². The summed E-state index contributed by atoms with van der Waals surface area (Å²) < 4.78 is 22.0. The molecule has 0 saturated carbocycles. The summed E-state index contributed by atoms with van der Waals surface area (Å²) in [6.07, 6.45) is 3.68. The van der Waals surface area contributed by atoms with Gasteiger partial charge in [-0.05, 0) is 42.9 Å². The molecule has 1 saturated heterocycles. The molecule has 3 aliphatic heterocycles. The molecule has 0 aromatic heterocycles. The number of carbonyl (C=O) groups excluding carboxylic acids is 2. The van der Waals surface area contributed by atoms with E-state index in [0.29, 0.717) is 34.5 Å². The molecule has 10 heteroatoms. The predicted molar refractivity (Wildman–Crippen MR) is 138 cm³/mol. The van der Waals surface area contributed by atoms with E-state index < -0.39 is 12.0 Å². The van der Waals surface area contributed by atoms with Crippen LogP contribution in [-0.4, -0.2) is 62.0 Å². The zero-order chi connectivity index (χ0) is 25.7.